The fraction of sp³-hybridized carbons (Fsp3) is 0.368. The van der Waals surface area contributed by atoms with Gasteiger partial charge in [-0.25, -0.2) is 14.4 Å². The van der Waals surface area contributed by atoms with Crippen LogP contribution in [0.25, 0.3) is 15.8 Å². The number of ether oxygens (including phenoxy) is 1. The van der Waals surface area contributed by atoms with Crippen LogP contribution in [0.3, 0.4) is 0 Å². The molecule has 11 heteroatoms. The van der Waals surface area contributed by atoms with Gasteiger partial charge in [-0.05, 0) is 35.6 Å². The number of aromatic nitrogens is 3. The Labute approximate surface area is 172 Å². The van der Waals surface area contributed by atoms with Crippen molar-refractivity contribution in [3.63, 3.8) is 0 Å². The molecular formula is C19H17F3N4O3S. The van der Waals surface area contributed by atoms with Gasteiger partial charge < -0.3 is 4.74 Å². The summed E-state index contributed by atoms with van der Waals surface area (Å²) in [6, 6.07) is 5.11. The minimum Gasteiger partial charge on any atom is -0.474 e. The van der Waals surface area contributed by atoms with E-state index >= 15 is 0 Å². The third-order valence-electron chi connectivity index (χ3n) is 4.97. The largest absolute Gasteiger partial charge is 0.474 e. The van der Waals surface area contributed by atoms with Crippen molar-refractivity contribution in [2.45, 2.75) is 26.1 Å². The van der Waals surface area contributed by atoms with Gasteiger partial charge in [0.2, 0.25) is 5.90 Å². The van der Waals surface area contributed by atoms with Crippen molar-refractivity contribution in [2.24, 2.45) is 18.0 Å². The van der Waals surface area contributed by atoms with Crippen molar-refractivity contribution in [3.8, 4) is 5.69 Å². The molecule has 1 unspecified atom stereocenters. The first-order valence-corrected chi connectivity index (χ1v) is 9.86. The SMILES string of the molecule is CC(C)C1COC(c2nsc3ccc(-n4c(=O)cc(C(F)(F)F)n(C)c4=O)cc23)=N1. The Hall–Kier alpha value is -2.95. The third-order valence-corrected chi connectivity index (χ3v) is 5.79. The predicted molar refractivity (Wildman–Crippen MR) is 107 cm³/mol. The van der Waals surface area contributed by atoms with Crippen LogP contribution in [0.4, 0.5) is 13.2 Å². The standard InChI is InChI=1S/C19H17F3N4O3S/c1-9(2)12-8-29-17(23-12)16-11-6-10(4-5-13(11)30-24-16)26-15(27)7-14(19(20,21)22)25(3)18(26)28/h4-7,9,12H,8H2,1-3H3. The summed E-state index contributed by atoms with van der Waals surface area (Å²) in [6.07, 6.45) is -4.81. The van der Waals surface area contributed by atoms with Gasteiger partial charge in [-0.1, -0.05) is 13.8 Å². The number of hydrogen-bond donors (Lipinski definition) is 0. The average molecular weight is 438 g/mol. The smallest absolute Gasteiger partial charge is 0.431 e. The zero-order valence-corrected chi connectivity index (χ0v) is 17.0. The van der Waals surface area contributed by atoms with E-state index < -0.39 is 23.1 Å². The Balaban J connectivity index is 1.87. The lowest BCUT2D eigenvalue weighted by molar-refractivity contribution is -0.144. The van der Waals surface area contributed by atoms with Crippen LogP contribution in [-0.2, 0) is 18.0 Å². The maximum atomic E-state index is 13.1. The van der Waals surface area contributed by atoms with Crippen LogP contribution in [-0.4, -0.2) is 32.1 Å². The number of benzene rings is 1. The van der Waals surface area contributed by atoms with E-state index in [2.05, 4.69) is 9.37 Å². The Morgan fingerprint density at radius 1 is 1.23 bits per heavy atom. The summed E-state index contributed by atoms with van der Waals surface area (Å²) in [5.74, 6) is 0.668. The van der Waals surface area contributed by atoms with Crippen molar-refractivity contribution in [1.29, 1.82) is 0 Å². The molecule has 158 valence electrons. The van der Waals surface area contributed by atoms with Crippen molar-refractivity contribution in [3.05, 3.63) is 56.5 Å². The molecule has 1 aliphatic heterocycles. The Kier molecular flexibility index (Phi) is 4.80. The van der Waals surface area contributed by atoms with Crippen LogP contribution in [0.5, 0.6) is 0 Å². The van der Waals surface area contributed by atoms with E-state index in [1.54, 1.807) is 12.1 Å². The zero-order valence-electron chi connectivity index (χ0n) is 16.2. The summed E-state index contributed by atoms with van der Waals surface area (Å²) in [4.78, 5) is 29.5. The minimum atomic E-state index is -4.81. The van der Waals surface area contributed by atoms with Crippen LogP contribution >= 0.6 is 11.5 Å². The lowest BCUT2D eigenvalue weighted by atomic mass is 10.1. The fourth-order valence-electron chi connectivity index (χ4n) is 3.22. The molecule has 0 N–H and O–H groups in total. The van der Waals surface area contributed by atoms with Crippen LogP contribution in [0.1, 0.15) is 25.2 Å². The van der Waals surface area contributed by atoms with Gasteiger partial charge >= 0.3 is 11.9 Å². The van der Waals surface area contributed by atoms with E-state index in [-0.39, 0.29) is 17.6 Å². The zero-order chi connectivity index (χ0) is 21.8. The van der Waals surface area contributed by atoms with Gasteiger partial charge in [0.1, 0.15) is 18.0 Å². The fourth-order valence-corrected chi connectivity index (χ4v) is 3.96. The quantitative estimate of drug-likeness (QED) is 0.630. The summed E-state index contributed by atoms with van der Waals surface area (Å²) < 4.78 is 51.2. The molecule has 0 fully saturated rings. The summed E-state index contributed by atoms with van der Waals surface area (Å²) >= 11 is 1.20. The first-order chi connectivity index (χ1) is 14.1. The van der Waals surface area contributed by atoms with Crippen LogP contribution in [0.2, 0.25) is 0 Å². The molecule has 1 aliphatic rings. The Bertz CT molecular complexity index is 1290. The molecule has 0 saturated heterocycles. The lowest BCUT2D eigenvalue weighted by Crippen LogP contribution is -2.40. The molecule has 3 heterocycles. The van der Waals surface area contributed by atoms with E-state index in [1.807, 2.05) is 13.8 Å². The summed E-state index contributed by atoms with van der Waals surface area (Å²) in [5, 5.41) is 0.606. The molecular weight excluding hydrogens is 421 g/mol. The highest BCUT2D eigenvalue weighted by atomic mass is 32.1. The molecule has 0 saturated carbocycles. The van der Waals surface area contributed by atoms with Crippen molar-refractivity contribution in [2.75, 3.05) is 6.61 Å². The highest BCUT2D eigenvalue weighted by Gasteiger charge is 2.35. The number of hydrogen-bond acceptors (Lipinski definition) is 6. The second-order valence-electron chi connectivity index (χ2n) is 7.31. The molecule has 0 radical (unpaired) electrons. The Morgan fingerprint density at radius 3 is 2.60 bits per heavy atom. The predicted octanol–water partition coefficient (Wildman–Crippen LogP) is 2.97. The van der Waals surface area contributed by atoms with E-state index in [4.69, 9.17) is 4.74 Å². The summed E-state index contributed by atoms with van der Waals surface area (Å²) in [7, 11) is 0.977. The Morgan fingerprint density at radius 2 is 1.97 bits per heavy atom. The summed E-state index contributed by atoms with van der Waals surface area (Å²) in [5.41, 5.74) is -2.84. The molecule has 0 amide bonds. The molecule has 3 aromatic rings. The van der Waals surface area contributed by atoms with Gasteiger partial charge in [0.05, 0.1) is 16.4 Å². The number of halogens is 3. The van der Waals surface area contributed by atoms with Gasteiger partial charge in [-0.3, -0.25) is 9.36 Å². The molecule has 0 bridgehead atoms. The number of rotatable bonds is 3. The monoisotopic (exact) mass is 438 g/mol. The molecule has 30 heavy (non-hydrogen) atoms. The van der Waals surface area contributed by atoms with Gasteiger partial charge in [0.25, 0.3) is 5.56 Å². The molecule has 0 spiro atoms. The average Bonchev–Trinajstić information content (AvgIpc) is 3.30. The number of fused-ring (bicyclic) bond motifs is 1. The number of aliphatic imine (C=N–C) groups is 1. The van der Waals surface area contributed by atoms with Crippen molar-refractivity contribution in [1.82, 2.24) is 13.5 Å². The molecule has 2 aromatic heterocycles. The molecule has 1 atom stereocenters. The minimum absolute atomic E-state index is 0.00441. The lowest BCUT2D eigenvalue weighted by Gasteiger charge is -2.14. The van der Waals surface area contributed by atoms with Crippen molar-refractivity contribution >= 4 is 27.5 Å². The topological polar surface area (TPSA) is 78.5 Å². The van der Waals surface area contributed by atoms with Crippen LogP contribution < -0.4 is 11.2 Å². The van der Waals surface area contributed by atoms with Crippen LogP contribution in [0, 0.1) is 5.92 Å². The van der Waals surface area contributed by atoms with Crippen LogP contribution in [0.15, 0.2) is 38.8 Å². The van der Waals surface area contributed by atoms with Gasteiger partial charge in [-0.15, -0.1) is 0 Å². The van der Waals surface area contributed by atoms with Gasteiger partial charge in [0.15, 0.2) is 0 Å². The first-order valence-electron chi connectivity index (χ1n) is 9.09. The maximum absolute atomic E-state index is 13.1. The summed E-state index contributed by atoms with van der Waals surface area (Å²) in [6.45, 7) is 4.50. The number of nitrogens with zero attached hydrogens (tertiary/aromatic N) is 4. The van der Waals surface area contributed by atoms with E-state index in [0.29, 0.717) is 38.8 Å². The number of alkyl halides is 3. The molecule has 7 nitrogen and oxygen atoms in total. The highest BCUT2D eigenvalue weighted by molar-refractivity contribution is 7.13. The van der Waals surface area contributed by atoms with Gasteiger partial charge in [0, 0.05) is 18.5 Å². The normalized spacial score (nSPS) is 16.9. The maximum Gasteiger partial charge on any atom is 0.431 e. The van der Waals surface area contributed by atoms with E-state index in [1.165, 1.54) is 17.6 Å². The third kappa shape index (κ3) is 3.32. The highest BCUT2D eigenvalue weighted by Crippen LogP contribution is 2.29. The second-order valence-corrected chi connectivity index (χ2v) is 8.12. The molecule has 0 aliphatic carbocycles. The first kappa shape index (κ1) is 20.3. The van der Waals surface area contributed by atoms with E-state index in [0.717, 1.165) is 11.7 Å². The van der Waals surface area contributed by atoms with E-state index in [9.17, 15) is 22.8 Å². The van der Waals surface area contributed by atoms with Crippen molar-refractivity contribution < 1.29 is 17.9 Å². The molecule has 4 rings (SSSR count). The second kappa shape index (κ2) is 7.08. The molecule has 1 aromatic carbocycles. The van der Waals surface area contributed by atoms with Gasteiger partial charge in [-0.2, -0.15) is 17.5 Å².